The Balaban J connectivity index is 2.16. The number of ether oxygens (including phenoxy) is 1. The Bertz CT molecular complexity index is 390. The van der Waals surface area contributed by atoms with Crippen molar-refractivity contribution in [3.05, 3.63) is 16.3 Å². The Morgan fingerprint density at radius 3 is 2.80 bits per heavy atom. The fourth-order valence-corrected chi connectivity index (χ4v) is 4.55. The Morgan fingerprint density at radius 1 is 1.35 bits per heavy atom. The highest BCUT2D eigenvalue weighted by Crippen LogP contribution is 2.42. The molecular weight excluding hydrogens is 266 g/mol. The third-order valence-electron chi connectivity index (χ3n) is 4.67. The van der Waals surface area contributed by atoms with Gasteiger partial charge in [-0.2, -0.15) is 0 Å². The van der Waals surface area contributed by atoms with Gasteiger partial charge in [0, 0.05) is 16.3 Å². The van der Waals surface area contributed by atoms with Gasteiger partial charge in [0.25, 0.3) is 0 Å². The first-order valence-corrected chi connectivity index (χ1v) is 9.03. The van der Waals surface area contributed by atoms with E-state index in [2.05, 4.69) is 30.6 Å². The summed E-state index contributed by atoms with van der Waals surface area (Å²) in [6, 6.07) is 2.76. The highest BCUT2D eigenvalue weighted by atomic mass is 32.1. The highest BCUT2D eigenvalue weighted by Gasteiger charge is 2.32. The van der Waals surface area contributed by atoms with E-state index in [9.17, 15) is 0 Å². The predicted octanol–water partition coefficient (Wildman–Crippen LogP) is 5.01. The van der Waals surface area contributed by atoms with Crippen molar-refractivity contribution in [1.82, 2.24) is 5.32 Å². The second-order valence-electron chi connectivity index (χ2n) is 5.94. The summed E-state index contributed by atoms with van der Waals surface area (Å²) in [5.74, 6) is 2.69. The summed E-state index contributed by atoms with van der Waals surface area (Å²) in [5.41, 5.74) is 0. The van der Waals surface area contributed by atoms with Crippen LogP contribution in [0.4, 0.5) is 0 Å². The maximum absolute atomic E-state index is 5.37. The number of hydrogen-bond donors (Lipinski definition) is 1. The van der Waals surface area contributed by atoms with Gasteiger partial charge in [-0.3, -0.25) is 0 Å². The molecule has 0 bridgehead atoms. The molecule has 1 saturated carbocycles. The fourth-order valence-electron chi connectivity index (χ4n) is 3.55. The molecule has 1 aromatic rings. The second-order valence-corrected chi connectivity index (χ2v) is 6.88. The molecule has 1 fully saturated rings. The predicted molar refractivity (Wildman–Crippen MR) is 87.6 cm³/mol. The van der Waals surface area contributed by atoms with Crippen LogP contribution in [-0.4, -0.2) is 13.7 Å². The molecular formula is C17H29NOS. The van der Waals surface area contributed by atoms with Crippen LogP contribution in [0.3, 0.4) is 0 Å². The smallest absolute Gasteiger partial charge is 0.129 e. The SMILES string of the molecule is CCCNC(c1cc(OC)cs1)C1CCCCC1CC. The molecule has 0 aliphatic heterocycles. The van der Waals surface area contributed by atoms with Gasteiger partial charge in [-0.05, 0) is 37.3 Å². The summed E-state index contributed by atoms with van der Waals surface area (Å²) >= 11 is 1.85. The standard InChI is InChI=1S/C17H29NOS/c1-4-10-18-17(16-11-14(19-3)12-20-16)15-9-7-6-8-13(15)5-2/h11-13,15,17-18H,4-10H2,1-3H3. The molecule has 2 rings (SSSR count). The van der Waals surface area contributed by atoms with Crippen molar-refractivity contribution < 1.29 is 4.74 Å². The van der Waals surface area contributed by atoms with E-state index < -0.39 is 0 Å². The summed E-state index contributed by atoms with van der Waals surface area (Å²) in [6.07, 6.45) is 8.12. The fraction of sp³-hybridized carbons (Fsp3) is 0.765. The quantitative estimate of drug-likeness (QED) is 0.763. The molecule has 0 spiro atoms. The highest BCUT2D eigenvalue weighted by molar-refractivity contribution is 7.10. The van der Waals surface area contributed by atoms with Crippen LogP contribution in [0.1, 0.15) is 63.3 Å². The molecule has 0 aromatic carbocycles. The third-order valence-corrected chi connectivity index (χ3v) is 5.67. The van der Waals surface area contributed by atoms with E-state index in [0.717, 1.165) is 24.1 Å². The first kappa shape index (κ1) is 15.8. The molecule has 1 N–H and O–H groups in total. The van der Waals surface area contributed by atoms with E-state index in [0.29, 0.717) is 6.04 Å². The average Bonchev–Trinajstić information content (AvgIpc) is 2.97. The van der Waals surface area contributed by atoms with Crippen LogP contribution < -0.4 is 10.1 Å². The molecule has 3 atom stereocenters. The maximum Gasteiger partial charge on any atom is 0.129 e. The van der Waals surface area contributed by atoms with E-state index in [1.165, 1.54) is 43.4 Å². The van der Waals surface area contributed by atoms with Gasteiger partial charge >= 0.3 is 0 Å². The lowest BCUT2D eigenvalue weighted by Gasteiger charge is -2.37. The van der Waals surface area contributed by atoms with Crippen molar-refractivity contribution in [1.29, 1.82) is 0 Å². The van der Waals surface area contributed by atoms with Crippen molar-refractivity contribution in [3.8, 4) is 5.75 Å². The molecule has 114 valence electrons. The molecule has 0 amide bonds. The van der Waals surface area contributed by atoms with Gasteiger partial charge in [0.1, 0.15) is 5.75 Å². The lowest BCUT2D eigenvalue weighted by molar-refractivity contribution is 0.177. The van der Waals surface area contributed by atoms with Gasteiger partial charge in [-0.25, -0.2) is 0 Å². The van der Waals surface area contributed by atoms with Crippen LogP contribution in [0.25, 0.3) is 0 Å². The van der Waals surface area contributed by atoms with Gasteiger partial charge in [0.15, 0.2) is 0 Å². The summed E-state index contributed by atoms with van der Waals surface area (Å²) in [5, 5.41) is 5.95. The van der Waals surface area contributed by atoms with Crippen molar-refractivity contribution in [2.24, 2.45) is 11.8 Å². The maximum atomic E-state index is 5.37. The minimum absolute atomic E-state index is 0.522. The van der Waals surface area contributed by atoms with Crippen LogP contribution >= 0.6 is 11.3 Å². The number of nitrogens with one attached hydrogen (secondary N) is 1. The van der Waals surface area contributed by atoms with Crippen molar-refractivity contribution >= 4 is 11.3 Å². The monoisotopic (exact) mass is 295 g/mol. The number of rotatable bonds is 7. The lowest BCUT2D eigenvalue weighted by Crippen LogP contribution is -2.34. The summed E-state index contributed by atoms with van der Waals surface area (Å²) in [7, 11) is 1.76. The average molecular weight is 295 g/mol. The topological polar surface area (TPSA) is 21.3 Å². The number of hydrogen-bond acceptors (Lipinski definition) is 3. The molecule has 1 aromatic heterocycles. The molecule has 3 heteroatoms. The van der Waals surface area contributed by atoms with Crippen molar-refractivity contribution in [3.63, 3.8) is 0 Å². The molecule has 2 nitrogen and oxygen atoms in total. The van der Waals surface area contributed by atoms with E-state index in [4.69, 9.17) is 4.74 Å². The van der Waals surface area contributed by atoms with Crippen molar-refractivity contribution in [2.75, 3.05) is 13.7 Å². The Kier molecular flexibility index (Phi) is 6.37. The van der Waals surface area contributed by atoms with Crippen LogP contribution in [0.5, 0.6) is 5.75 Å². The normalized spacial score (nSPS) is 24.6. The van der Waals surface area contributed by atoms with Crippen LogP contribution in [0.15, 0.2) is 11.4 Å². The zero-order chi connectivity index (χ0) is 14.4. The number of thiophene rings is 1. The Labute approximate surface area is 127 Å². The van der Waals surface area contributed by atoms with Gasteiger partial charge in [0.2, 0.25) is 0 Å². The van der Waals surface area contributed by atoms with Crippen LogP contribution in [0.2, 0.25) is 0 Å². The second kappa shape index (κ2) is 8.04. The van der Waals surface area contributed by atoms with E-state index >= 15 is 0 Å². The molecule has 1 aliphatic rings. The molecule has 20 heavy (non-hydrogen) atoms. The van der Waals surface area contributed by atoms with Crippen LogP contribution in [0, 0.1) is 11.8 Å². The third kappa shape index (κ3) is 3.76. The Hall–Kier alpha value is -0.540. The summed E-state index contributed by atoms with van der Waals surface area (Å²) in [6.45, 7) is 5.71. The van der Waals surface area contributed by atoms with Gasteiger partial charge in [-0.15, -0.1) is 11.3 Å². The largest absolute Gasteiger partial charge is 0.496 e. The molecule has 3 unspecified atom stereocenters. The first-order valence-electron chi connectivity index (χ1n) is 8.15. The van der Waals surface area contributed by atoms with E-state index in [-0.39, 0.29) is 0 Å². The Morgan fingerprint density at radius 2 is 2.15 bits per heavy atom. The van der Waals surface area contributed by atoms with Gasteiger partial charge < -0.3 is 10.1 Å². The van der Waals surface area contributed by atoms with Gasteiger partial charge in [-0.1, -0.05) is 39.5 Å². The minimum Gasteiger partial charge on any atom is -0.496 e. The lowest BCUT2D eigenvalue weighted by atomic mass is 9.73. The van der Waals surface area contributed by atoms with E-state index in [1.807, 2.05) is 11.3 Å². The first-order chi connectivity index (χ1) is 9.80. The number of methoxy groups -OCH3 is 1. The van der Waals surface area contributed by atoms with E-state index in [1.54, 1.807) is 7.11 Å². The van der Waals surface area contributed by atoms with Gasteiger partial charge in [0.05, 0.1) is 7.11 Å². The minimum atomic E-state index is 0.522. The molecule has 1 aliphatic carbocycles. The zero-order valence-corrected chi connectivity index (χ0v) is 14.0. The summed E-state index contributed by atoms with van der Waals surface area (Å²) in [4.78, 5) is 1.46. The molecule has 0 radical (unpaired) electrons. The molecule has 1 heterocycles. The summed E-state index contributed by atoms with van der Waals surface area (Å²) < 4.78 is 5.37. The van der Waals surface area contributed by atoms with Crippen molar-refractivity contribution in [2.45, 2.75) is 58.4 Å². The zero-order valence-electron chi connectivity index (χ0n) is 13.2. The van der Waals surface area contributed by atoms with Crippen LogP contribution in [-0.2, 0) is 0 Å². The molecule has 0 saturated heterocycles.